The molecule has 0 heterocycles. The van der Waals surface area contributed by atoms with Crippen LogP contribution in [0.4, 0.5) is 5.69 Å². The molecule has 0 atom stereocenters. The Morgan fingerprint density at radius 1 is 1.40 bits per heavy atom. The van der Waals surface area contributed by atoms with E-state index in [1.54, 1.807) is 0 Å². The minimum absolute atomic E-state index is 0.0944. The lowest BCUT2D eigenvalue weighted by molar-refractivity contribution is -0.385. The van der Waals surface area contributed by atoms with Crippen LogP contribution in [0.15, 0.2) is 23.1 Å². The third-order valence-corrected chi connectivity index (χ3v) is 2.65. The molecule has 15 heavy (non-hydrogen) atoms. The van der Waals surface area contributed by atoms with E-state index in [0.717, 1.165) is 12.1 Å². The van der Waals surface area contributed by atoms with Gasteiger partial charge in [-0.25, -0.2) is 0 Å². The van der Waals surface area contributed by atoms with Crippen molar-refractivity contribution in [2.45, 2.75) is 11.5 Å². The van der Waals surface area contributed by atoms with Crippen LogP contribution >= 0.6 is 0 Å². The van der Waals surface area contributed by atoms with E-state index in [1.165, 1.54) is 0 Å². The Kier molecular flexibility index (Phi) is 3.03. The summed E-state index contributed by atoms with van der Waals surface area (Å²) in [4.78, 5) is 8.90. The first-order chi connectivity index (χ1) is 6.86. The van der Waals surface area contributed by atoms with Gasteiger partial charge in [0.1, 0.15) is 4.90 Å². The number of aliphatic hydroxyl groups is 1. The van der Waals surface area contributed by atoms with Gasteiger partial charge in [-0.15, -0.1) is 0 Å². The number of nitro groups is 1. The normalized spacial score (nSPS) is 11.3. The highest BCUT2D eigenvalue weighted by molar-refractivity contribution is 7.85. The predicted octanol–water partition coefficient (Wildman–Crippen LogP) is 0.334. The molecular formula is C7H7NO6S. The average molecular weight is 233 g/mol. The van der Waals surface area contributed by atoms with Gasteiger partial charge in [-0.05, 0) is 11.6 Å². The van der Waals surface area contributed by atoms with Crippen LogP contribution in [0, 0.1) is 10.1 Å². The third kappa shape index (κ3) is 2.49. The molecule has 0 amide bonds. The van der Waals surface area contributed by atoms with Crippen molar-refractivity contribution >= 4 is 15.8 Å². The van der Waals surface area contributed by atoms with Crippen molar-refractivity contribution in [2.75, 3.05) is 0 Å². The highest BCUT2D eigenvalue weighted by atomic mass is 32.2. The number of non-ortho nitro benzene ring substituents is 1. The molecule has 0 radical (unpaired) electrons. The van der Waals surface area contributed by atoms with Crippen molar-refractivity contribution in [1.29, 1.82) is 0 Å². The number of benzene rings is 1. The van der Waals surface area contributed by atoms with Gasteiger partial charge in [-0.3, -0.25) is 14.7 Å². The largest absolute Gasteiger partial charge is 0.392 e. The quantitative estimate of drug-likeness (QED) is 0.441. The topological polar surface area (TPSA) is 118 Å². The smallest absolute Gasteiger partial charge is 0.295 e. The van der Waals surface area contributed by atoms with Crippen LogP contribution in [-0.4, -0.2) is 23.0 Å². The fourth-order valence-corrected chi connectivity index (χ4v) is 1.76. The summed E-state index contributed by atoms with van der Waals surface area (Å²) in [5, 5.41) is 19.1. The molecule has 1 aromatic rings. The molecule has 0 fully saturated rings. The van der Waals surface area contributed by atoms with Crippen LogP contribution in [-0.2, 0) is 16.7 Å². The lowest BCUT2D eigenvalue weighted by Gasteiger charge is -2.03. The van der Waals surface area contributed by atoms with E-state index in [-0.39, 0.29) is 5.56 Å². The van der Waals surface area contributed by atoms with Gasteiger partial charge in [-0.1, -0.05) is 0 Å². The second-order valence-electron chi connectivity index (χ2n) is 2.68. The molecule has 0 aromatic heterocycles. The number of rotatable bonds is 3. The van der Waals surface area contributed by atoms with Gasteiger partial charge in [0, 0.05) is 12.1 Å². The summed E-state index contributed by atoms with van der Waals surface area (Å²) < 4.78 is 30.4. The molecular weight excluding hydrogens is 226 g/mol. The first-order valence-corrected chi connectivity index (χ1v) is 5.16. The second-order valence-corrected chi connectivity index (χ2v) is 4.07. The number of nitro benzene ring substituents is 1. The number of aliphatic hydroxyl groups excluding tert-OH is 1. The molecule has 0 unspecified atom stereocenters. The minimum atomic E-state index is -4.57. The van der Waals surface area contributed by atoms with E-state index in [1.807, 2.05) is 0 Å². The first kappa shape index (κ1) is 11.6. The highest BCUT2D eigenvalue weighted by Gasteiger charge is 2.19. The van der Waals surface area contributed by atoms with E-state index in [4.69, 9.17) is 9.66 Å². The highest BCUT2D eigenvalue weighted by Crippen LogP contribution is 2.21. The van der Waals surface area contributed by atoms with Gasteiger partial charge in [0.15, 0.2) is 0 Å². The van der Waals surface area contributed by atoms with E-state index < -0.39 is 32.2 Å². The van der Waals surface area contributed by atoms with Crippen molar-refractivity contribution in [2.24, 2.45) is 0 Å². The molecule has 0 spiro atoms. The van der Waals surface area contributed by atoms with Gasteiger partial charge < -0.3 is 5.11 Å². The van der Waals surface area contributed by atoms with Crippen LogP contribution in [0.25, 0.3) is 0 Å². The summed E-state index contributed by atoms with van der Waals surface area (Å²) in [5.41, 5.74) is -0.567. The molecule has 7 nitrogen and oxygen atoms in total. The van der Waals surface area contributed by atoms with Crippen LogP contribution in [0.2, 0.25) is 0 Å². The molecule has 0 bridgehead atoms. The molecule has 0 aliphatic heterocycles. The Morgan fingerprint density at radius 2 is 2.00 bits per heavy atom. The standard InChI is InChI=1S/C7H7NO6S/c9-4-5-1-2-6(8(10)11)3-7(5)15(12,13)14/h1-3,9H,4H2,(H,12,13,14). The summed E-state index contributed by atoms with van der Waals surface area (Å²) in [6.45, 7) is -0.632. The molecule has 0 saturated heterocycles. The van der Waals surface area contributed by atoms with Gasteiger partial charge >= 0.3 is 0 Å². The molecule has 82 valence electrons. The molecule has 0 aliphatic carbocycles. The Labute approximate surface area is 84.9 Å². The van der Waals surface area contributed by atoms with Crippen LogP contribution in [0.1, 0.15) is 5.56 Å². The molecule has 0 aliphatic rings. The third-order valence-electron chi connectivity index (χ3n) is 1.71. The van der Waals surface area contributed by atoms with E-state index >= 15 is 0 Å². The van der Waals surface area contributed by atoms with Crippen molar-refractivity contribution in [3.05, 3.63) is 33.9 Å². The number of nitrogens with zero attached hydrogens (tertiary/aromatic N) is 1. The summed E-state index contributed by atoms with van der Waals surface area (Å²) in [7, 11) is -4.57. The predicted molar refractivity (Wildman–Crippen MR) is 48.8 cm³/mol. The summed E-state index contributed by atoms with van der Waals surface area (Å²) in [5.74, 6) is 0. The van der Waals surface area contributed by atoms with E-state index in [2.05, 4.69) is 0 Å². The fourth-order valence-electron chi connectivity index (χ4n) is 1.03. The van der Waals surface area contributed by atoms with Crippen LogP contribution in [0.3, 0.4) is 0 Å². The Balaban J connectivity index is 3.46. The van der Waals surface area contributed by atoms with Gasteiger partial charge in [0.05, 0.1) is 11.5 Å². The average Bonchev–Trinajstić information content (AvgIpc) is 2.15. The zero-order valence-corrected chi connectivity index (χ0v) is 8.14. The lowest BCUT2D eigenvalue weighted by atomic mass is 10.2. The summed E-state index contributed by atoms with van der Waals surface area (Å²) in [6, 6.07) is 2.81. The number of hydrogen-bond donors (Lipinski definition) is 2. The van der Waals surface area contributed by atoms with Gasteiger partial charge in [0.2, 0.25) is 0 Å². The fraction of sp³-hybridized carbons (Fsp3) is 0.143. The maximum Gasteiger partial charge on any atom is 0.295 e. The van der Waals surface area contributed by atoms with E-state index in [0.29, 0.717) is 6.07 Å². The van der Waals surface area contributed by atoms with Crippen LogP contribution in [0.5, 0.6) is 0 Å². The Bertz CT molecular complexity index is 494. The second kappa shape index (κ2) is 3.93. The van der Waals surface area contributed by atoms with Gasteiger partial charge in [-0.2, -0.15) is 8.42 Å². The van der Waals surface area contributed by atoms with Crippen molar-refractivity contribution in [3.63, 3.8) is 0 Å². The molecule has 8 heteroatoms. The van der Waals surface area contributed by atoms with E-state index in [9.17, 15) is 18.5 Å². The first-order valence-electron chi connectivity index (χ1n) is 3.72. The molecule has 1 rings (SSSR count). The van der Waals surface area contributed by atoms with Crippen molar-refractivity contribution in [1.82, 2.24) is 0 Å². The number of hydrogen-bond acceptors (Lipinski definition) is 5. The summed E-state index contributed by atoms with van der Waals surface area (Å²) in [6.07, 6.45) is 0. The molecule has 2 N–H and O–H groups in total. The lowest BCUT2D eigenvalue weighted by Crippen LogP contribution is -2.04. The van der Waals surface area contributed by atoms with Crippen LogP contribution < -0.4 is 0 Å². The molecule has 1 aromatic carbocycles. The van der Waals surface area contributed by atoms with Gasteiger partial charge in [0.25, 0.3) is 15.8 Å². The monoisotopic (exact) mass is 233 g/mol. The summed E-state index contributed by atoms with van der Waals surface area (Å²) >= 11 is 0. The maximum absolute atomic E-state index is 10.8. The molecule has 0 saturated carbocycles. The Morgan fingerprint density at radius 3 is 2.40 bits per heavy atom. The zero-order chi connectivity index (χ0) is 11.6. The SMILES string of the molecule is O=[N+]([O-])c1ccc(CO)c(S(=O)(=O)O)c1. The maximum atomic E-state index is 10.8. The van der Waals surface area contributed by atoms with Crippen molar-refractivity contribution < 1.29 is 23.0 Å². The van der Waals surface area contributed by atoms with Crippen molar-refractivity contribution in [3.8, 4) is 0 Å². The Hall–Kier alpha value is -1.51. The minimum Gasteiger partial charge on any atom is -0.392 e. The zero-order valence-electron chi connectivity index (χ0n) is 7.32.